The van der Waals surface area contributed by atoms with Crippen molar-refractivity contribution in [2.75, 3.05) is 42.9 Å². The highest BCUT2D eigenvalue weighted by molar-refractivity contribution is 6.05. The molecule has 31 heavy (non-hydrogen) atoms. The summed E-state index contributed by atoms with van der Waals surface area (Å²) in [5.41, 5.74) is 1.80. The van der Waals surface area contributed by atoms with E-state index in [4.69, 9.17) is 0 Å². The molecule has 0 spiro atoms. The maximum absolute atomic E-state index is 13.1. The number of likely N-dealkylation sites (tertiary alicyclic amines) is 1. The quantitative estimate of drug-likeness (QED) is 0.497. The molecule has 3 rings (SSSR count). The van der Waals surface area contributed by atoms with Crippen molar-refractivity contribution in [2.24, 2.45) is 0 Å². The molecule has 2 heterocycles. The molecule has 1 aromatic carbocycles. The number of alkyl halides is 2. The van der Waals surface area contributed by atoms with Gasteiger partial charge in [0.25, 0.3) is 5.92 Å². The molecule has 3 amide bonds. The molecule has 0 saturated carbocycles. The molecule has 0 bridgehead atoms. The fourth-order valence-electron chi connectivity index (χ4n) is 4.07. The minimum atomic E-state index is -2.45. The molecule has 172 valence electrons. The first-order chi connectivity index (χ1) is 14.9. The van der Waals surface area contributed by atoms with Crippen LogP contribution >= 0.6 is 0 Å². The number of nitrogens with zero attached hydrogens (tertiary/aromatic N) is 2. The number of carbonyl (C=O) groups is 2. The third-order valence-electron chi connectivity index (χ3n) is 6.05. The van der Waals surface area contributed by atoms with Crippen LogP contribution in [-0.4, -0.2) is 55.5 Å². The van der Waals surface area contributed by atoms with E-state index in [2.05, 4.69) is 15.5 Å². The fraction of sp³-hybridized carbons (Fsp3) is 0.652. The number of piperidine rings is 1. The predicted molar refractivity (Wildman–Crippen MR) is 119 cm³/mol. The Labute approximate surface area is 183 Å². The Morgan fingerprint density at radius 1 is 0.903 bits per heavy atom. The van der Waals surface area contributed by atoms with E-state index in [1.807, 2.05) is 24.3 Å². The van der Waals surface area contributed by atoms with E-state index in [1.165, 1.54) is 19.3 Å². The summed E-state index contributed by atoms with van der Waals surface area (Å²) >= 11 is 0. The van der Waals surface area contributed by atoms with Gasteiger partial charge < -0.3 is 10.2 Å². The van der Waals surface area contributed by atoms with E-state index in [-0.39, 0.29) is 24.8 Å². The highest BCUT2D eigenvalue weighted by Crippen LogP contribution is 2.27. The average molecular weight is 437 g/mol. The molecule has 1 aromatic rings. The van der Waals surface area contributed by atoms with Gasteiger partial charge in [-0.3, -0.25) is 15.0 Å². The van der Waals surface area contributed by atoms with Gasteiger partial charge in [-0.25, -0.2) is 13.6 Å². The second kappa shape index (κ2) is 11.4. The lowest BCUT2D eigenvalue weighted by Gasteiger charge is -2.31. The maximum atomic E-state index is 13.1. The van der Waals surface area contributed by atoms with E-state index in [9.17, 15) is 18.4 Å². The normalized spacial score (nSPS) is 19.4. The molecule has 2 N–H and O–H groups in total. The largest absolute Gasteiger partial charge is 0.385 e. The minimum Gasteiger partial charge on any atom is -0.385 e. The lowest BCUT2D eigenvalue weighted by atomic mass is 10.1. The Balaban J connectivity index is 1.20. The standard InChI is InChI=1S/C23H34F2N4O2/c24-23(25)12-17-28(18-13-23)15-6-4-2-1-3-5-14-26-19-7-9-20(10-8-19)29-16-11-21(30)27-22(29)31/h7-10,26H,1-6,11-18H2,(H,27,30,31). The summed E-state index contributed by atoms with van der Waals surface area (Å²) in [6, 6.07) is 7.32. The van der Waals surface area contributed by atoms with Crippen LogP contribution < -0.4 is 15.5 Å². The van der Waals surface area contributed by atoms with Gasteiger partial charge in [-0.2, -0.15) is 0 Å². The van der Waals surface area contributed by atoms with E-state index in [0.717, 1.165) is 43.7 Å². The number of rotatable bonds is 11. The average Bonchev–Trinajstić information content (AvgIpc) is 2.74. The maximum Gasteiger partial charge on any atom is 0.328 e. The van der Waals surface area contributed by atoms with Gasteiger partial charge in [0, 0.05) is 56.8 Å². The van der Waals surface area contributed by atoms with Crippen molar-refractivity contribution in [3.05, 3.63) is 24.3 Å². The first-order valence-electron chi connectivity index (χ1n) is 11.5. The number of unbranched alkanes of at least 4 members (excludes halogenated alkanes) is 5. The number of nitrogens with one attached hydrogen (secondary N) is 2. The molecule has 2 fully saturated rings. The van der Waals surface area contributed by atoms with Gasteiger partial charge in [0.05, 0.1) is 0 Å². The lowest BCUT2D eigenvalue weighted by molar-refractivity contribution is -0.120. The molecular formula is C23H34F2N4O2. The number of halogens is 2. The Bertz CT molecular complexity index is 717. The number of carbonyl (C=O) groups excluding carboxylic acids is 2. The first-order valence-corrected chi connectivity index (χ1v) is 11.5. The topological polar surface area (TPSA) is 64.7 Å². The highest BCUT2D eigenvalue weighted by atomic mass is 19.3. The van der Waals surface area contributed by atoms with Crippen molar-refractivity contribution < 1.29 is 18.4 Å². The van der Waals surface area contributed by atoms with Crippen LogP contribution in [0.1, 0.15) is 57.8 Å². The summed E-state index contributed by atoms with van der Waals surface area (Å²) in [6.45, 7) is 3.32. The SMILES string of the molecule is O=C1CCN(c2ccc(NCCCCCCCCN3CCC(F)(F)CC3)cc2)C(=O)N1. The molecule has 0 aromatic heterocycles. The third kappa shape index (κ3) is 7.76. The summed E-state index contributed by atoms with van der Waals surface area (Å²) in [4.78, 5) is 26.9. The zero-order valence-electron chi connectivity index (χ0n) is 18.2. The Hall–Kier alpha value is -2.22. The fourth-order valence-corrected chi connectivity index (χ4v) is 4.07. The monoisotopic (exact) mass is 436 g/mol. The third-order valence-corrected chi connectivity index (χ3v) is 6.05. The van der Waals surface area contributed by atoms with Crippen molar-refractivity contribution in [1.29, 1.82) is 0 Å². The number of amides is 3. The number of benzene rings is 1. The molecule has 0 aliphatic carbocycles. The molecule has 2 saturated heterocycles. The molecule has 0 unspecified atom stereocenters. The van der Waals surface area contributed by atoms with E-state index in [1.54, 1.807) is 4.90 Å². The molecule has 8 heteroatoms. The summed E-state index contributed by atoms with van der Waals surface area (Å²) in [5, 5.41) is 5.73. The number of imide groups is 1. The second-order valence-electron chi connectivity index (χ2n) is 8.55. The summed E-state index contributed by atoms with van der Waals surface area (Å²) in [5.74, 6) is -2.67. The molecule has 6 nitrogen and oxygen atoms in total. The van der Waals surface area contributed by atoms with Crippen LogP contribution in [-0.2, 0) is 4.79 Å². The van der Waals surface area contributed by atoms with Crippen molar-refractivity contribution in [3.63, 3.8) is 0 Å². The van der Waals surface area contributed by atoms with Crippen LogP contribution in [0.2, 0.25) is 0 Å². The van der Waals surface area contributed by atoms with Gasteiger partial charge in [0.1, 0.15) is 0 Å². The summed E-state index contributed by atoms with van der Waals surface area (Å²) < 4.78 is 26.3. The molecule has 2 aliphatic heterocycles. The van der Waals surface area contributed by atoms with Crippen LogP contribution in [0.15, 0.2) is 24.3 Å². The van der Waals surface area contributed by atoms with Crippen LogP contribution in [0.4, 0.5) is 25.0 Å². The van der Waals surface area contributed by atoms with Crippen LogP contribution in [0, 0.1) is 0 Å². The van der Waals surface area contributed by atoms with Gasteiger partial charge in [0.2, 0.25) is 5.91 Å². The van der Waals surface area contributed by atoms with Crippen LogP contribution in [0.5, 0.6) is 0 Å². The second-order valence-corrected chi connectivity index (χ2v) is 8.55. The van der Waals surface area contributed by atoms with Crippen molar-refractivity contribution in [1.82, 2.24) is 10.2 Å². The van der Waals surface area contributed by atoms with Gasteiger partial charge in [-0.05, 0) is 43.7 Å². The summed E-state index contributed by atoms with van der Waals surface area (Å²) in [7, 11) is 0. The van der Waals surface area contributed by atoms with E-state index >= 15 is 0 Å². The number of urea groups is 1. The van der Waals surface area contributed by atoms with Crippen molar-refractivity contribution >= 4 is 23.3 Å². The predicted octanol–water partition coefficient (Wildman–Crippen LogP) is 4.62. The van der Waals surface area contributed by atoms with Gasteiger partial charge in [0.15, 0.2) is 0 Å². The Morgan fingerprint density at radius 2 is 1.55 bits per heavy atom. The molecule has 2 aliphatic rings. The minimum absolute atomic E-state index is 0.0112. The van der Waals surface area contributed by atoms with Gasteiger partial charge in [-0.1, -0.05) is 25.7 Å². The number of hydrogen-bond donors (Lipinski definition) is 2. The van der Waals surface area contributed by atoms with Crippen LogP contribution in [0.25, 0.3) is 0 Å². The molecule has 0 radical (unpaired) electrons. The van der Waals surface area contributed by atoms with E-state index in [0.29, 0.717) is 26.1 Å². The van der Waals surface area contributed by atoms with E-state index < -0.39 is 5.92 Å². The lowest BCUT2D eigenvalue weighted by Crippen LogP contribution is -2.49. The number of anilines is 2. The Kier molecular flexibility index (Phi) is 8.63. The first kappa shape index (κ1) is 23.4. The number of hydrogen-bond acceptors (Lipinski definition) is 4. The Morgan fingerprint density at radius 3 is 2.23 bits per heavy atom. The summed E-state index contributed by atoms with van der Waals surface area (Å²) in [6.07, 6.45) is 7.26. The van der Waals surface area contributed by atoms with Crippen LogP contribution in [0.3, 0.4) is 0 Å². The van der Waals surface area contributed by atoms with Gasteiger partial charge in [-0.15, -0.1) is 0 Å². The van der Waals surface area contributed by atoms with Gasteiger partial charge >= 0.3 is 6.03 Å². The van der Waals surface area contributed by atoms with Crippen molar-refractivity contribution in [2.45, 2.75) is 63.7 Å². The molecule has 0 atom stereocenters. The van der Waals surface area contributed by atoms with Crippen molar-refractivity contribution in [3.8, 4) is 0 Å². The zero-order valence-corrected chi connectivity index (χ0v) is 18.2. The highest BCUT2D eigenvalue weighted by Gasteiger charge is 2.33. The smallest absolute Gasteiger partial charge is 0.328 e. The molecular weight excluding hydrogens is 402 g/mol. The zero-order chi connectivity index (χ0) is 22.1.